The topological polar surface area (TPSA) is 77.4 Å². The van der Waals surface area contributed by atoms with E-state index in [-0.39, 0.29) is 5.75 Å². The second kappa shape index (κ2) is 8.46. The molecule has 0 unspecified atom stereocenters. The summed E-state index contributed by atoms with van der Waals surface area (Å²) >= 11 is 0. The molecule has 0 radical (unpaired) electrons. The van der Waals surface area contributed by atoms with Crippen LogP contribution in [0, 0.1) is 12.7 Å². The van der Waals surface area contributed by atoms with Crippen molar-refractivity contribution in [2.75, 3.05) is 14.2 Å². The molecule has 2 aromatic carbocycles. The summed E-state index contributed by atoms with van der Waals surface area (Å²) in [4.78, 5) is 11.0. The molecule has 30 heavy (non-hydrogen) atoms. The van der Waals surface area contributed by atoms with Crippen LogP contribution in [0.2, 0.25) is 0 Å². The molecule has 0 aliphatic carbocycles. The molecular formula is C22H21FN4O3. The molecule has 0 aliphatic heterocycles. The molecule has 0 atom stereocenters. The van der Waals surface area contributed by atoms with Gasteiger partial charge in [0.2, 0.25) is 17.6 Å². The molecule has 0 saturated heterocycles. The lowest BCUT2D eigenvalue weighted by Gasteiger charge is -2.12. The zero-order valence-electron chi connectivity index (χ0n) is 16.9. The van der Waals surface area contributed by atoms with Crippen LogP contribution in [0.1, 0.15) is 17.3 Å². The van der Waals surface area contributed by atoms with Crippen LogP contribution < -0.4 is 4.74 Å². The highest BCUT2D eigenvalue weighted by Crippen LogP contribution is 2.27. The smallest absolute Gasteiger partial charge is 0.241 e. The van der Waals surface area contributed by atoms with Gasteiger partial charge < -0.3 is 13.7 Å². The Bertz CT molecular complexity index is 1140. The summed E-state index contributed by atoms with van der Waals surface area (Å²) in [6.07, 6.45) is 0. The predicted molar refractivity (Wildman–Crippen MR) is 108 cm³/mol. The Kier molecular flexibility index (Phi) is 5.58. The summed E-state index contributed by atoms with van der Waals surface area (Å²) in [6.45, 7) is 2.84. The fraction of sp³-hybridized carbons (Fsp3) is 0.227. The number of aryl methyl sites for hydroxylation is 1. The van der Waals surface area contributed by atoms with E-state index in [9.17, 15) is 4.39 Å². The van der Waals surface area contributed by atoms with E-state index in [0.29, 0.717) is 42.0 Å². The van der Waals surface area contributed by atoms with Crippen LogP contribution in [0.25, 0.3) is 22.8 Å². The van der Waals surface area contributed by atoms with Gasteiger partial charge in [0.05, 0.1) is 19.3 Å². The molecule has 2 heterocycles. The molecule has 2 aromatic heterocycles. The summed E-state index contributed by atoms with van der Waals surface area (Å²) in [5.74, 6) is 1.89. The molecular weight excluding hydrogens is 387 g/mol. The predicted octanol–water partition coefficient (Wildman–Crippen LogP) is 4.48. The molecule has 0 N–H and O–H groups in total. The number of hydrogen-bond acceptors (Lipinski definition) is 7. The van der Waals surface area contributed by atoms with Crippen LogP contribution in [0.5, 0.6) is 5.75 Å². The minimum Gasteiger partial charge on any atom is -0.494 e. The van der Waals surface area contributed by atoms with E-state index in [1.165, 1.54) is 13.2 Å². The van der Waals surface area contributed by atoms with Gasteiger partial charge in [-0.3, -0.25) is 4.90 Å². The fourth-order valence-electron chi connectivity index (χ4n) is 3.06. The molecule has 8 heteroatoms. The Labute approximate surface area is 173 Å². The summed E-state index contributed by atoms with van der Waals surface area (Å²) < 4.78 is 29.8. The standard InChI is InChI=1S/C22H21FN4O3/c1-14-18(24-22(29-14)16-9-10-17(23)19(11-16)28-3)12-27(2)13-20-25-21(26-30-20)15-7-5-4-6-8-15/h4-11H,12-13H2,1-3H3. The van der Waals surface area contributed by atoms with Crippen molar-refractivity contribution in [2.45, 2.75) is 20.0 Å². The van der Waals surface area contributed by atoms with Crippen molar-refractivity contribution in [1.82, 2.24) is 20.0 Å². The number of halogens is 1. The lowest BCUT2D eigenvalue weighted by atomic mass is 10.2. The van der Waals surface area contributed by atoms with Gasteiger partial charge in [-0.2, -0.15) is 4.98 Å². The van der Waals surface area contributed by atoms with Crippen LogP contribution >= 0.6 is 0 Å². The van der Waals surface area contributed by atoms with Crippen LogP contribution in [-0.4, -0.2) is 34.2 Å². The molecule has 0 amide bonds. The third-order valence-corrected chi connectivity index (χ3v) is 4.62. The third kappa shape index (κ3) is 4.23. The van der Waals surface area contributed by atoms with Gasteiger partial charge in [-0.05, 0) is 32.2 Å². The third-order valence-electron chi connectivity index (χ3n) is 4.62. The number of methoxy groups -OCH3 is 1. The summed E-state index contributed by atoms with van der Waals surface area (Å²) in [5, 5.41) is 4.04. The zero-order valence-corrected chi connectivity index (χ0v) is 16.9. The van der Waals surface area contributed by atoms with Crippen LogP contribution in [0.4, 0.5) is 4.39 Å². The first-order chi connectivity index (χ1) is 14.5. The second-order valence-corrected chi connectivity index (χ2v) is 6.92. The van der Waals surface area contributed by atoms with E-state index in [0.717, 1.165) is 11.3 Å². The van der Waals surface area contributed by atoms with Crippen molar-refractivity contribution in [3.05, 3.63) is 71.7 Å². The van der Waals surface area contributed by atoms with Crippen molar-refractivity contribution in [2.24, 2.45) is 0 Å². The Morgan fingerprint density at radius 1 is 1.03 bits per heavy atom. The van der Waals surface area contributed by atoms with Crippen molar-refractivity contribution >= 4 is 0 Å². The van der Waals surface area contributed by atoms with Gasteiger partial charge in [0, 0.05) is 17.7 Å². The van der Waals surface area contributed by atoms with E-state index in [1.54, 1.807) is 12.1 Å². The molecule has 7 nitrogen and oxygen atoms in total. The van der Waals surface area contributed by atoms with Gasteiger partial charge in [0.15, 0.2) is 11.6 Å². The zero-order chi connectivity index (χ0) is 21.1. The van der Waals surface area contributed by atoms with Crippen molar-refractivity contribution in [3.8, 4) is 28.6 Å². The minimum atomic E-state index is -0.432. The Hall–Kier alpha value is -3.52. The average Bonchev–Trinajstić information content (AvgIpc) is 3.36. The van der Waals surface area contributed by atoms with E-state index in [2.05, 4.69) is 15.1 Å². The first kappa shape index (κ1) is 19.8. The Morgan fingerprint density at radius 2 is 1.83 bits per heavy atom. The molecule has 0 bridgehead atoms. The van der Waals surface area contributed by atoms with E-state index < -0.39 is 5.82 Å². The highest BCUT2D eigenvalue weighted by atomic mass is 19.1. The van der Waals surface area contributed by atoms with Gasteiger partial charge >= 0.3 is 0 Å². The van der Waals surface area contributed by atoms with Crippen LogP contribution in [0.15, 0.2) is 57.5 Å². The Morgan fingerprint density at radius 3 is 2.60 bits per heavy atom. The first-order valence-corrected chi connectivity index (χ1v) is 9.40. The maximum absolute atomic E-state index is 13.7. The average molecular weight is 408 g/mol. The van der Waals surface area contributed by atoms with E-state index in [1.807, 2.05) is 49.2 Å². The molecule has 0 aliphatic rings. The molecule has 4 rings (SSSR count). The number of benzene rings is 2. The maximum Gasteiger partial charge on any atom is 0.241 e. The lowest BCUT2D eigenvalue weighted by Crippen LogP contribution is -2.18. The minimum absolute atomic E-state index is 0.146. The van der Waals surface area contributed by atoms with Crippen molar-refractivity contribution < 1.29 is 18.1 Å². The summed E-state index contributed by atoms with van der Waals surface area (Å²) in [5.41, 5.74) is 2.33. The van der Waals surface area contributed by atoms with Crippen LogP contribution in [-0.2, 0) is 13.1 Å². The molecule has 4 aromatic rings. The summed E-state index contributed by atoms with van der Waals surface area (Å²) in [6, 6.07) is 14.2. The summed E-state index contributed by atoms with van der Waals surface area (Å²) in [7, 11) is 3.35. The maximum atomic E-state index is 13.7. The van der Waals surface area contributed by atoms with E-state index >= 15 is 0 Å². The lowest BCUT2D eigenvalue weighted by molar-refractivity contribution is 0.258. The molecule has 0 spiro atoms. The molecule has 154 valence electrons. The number of ether oxygens (including phenoxy) is 1. The number of nitrogens with zero attached hydrogens (tertiary/aromatic N) is 4. The highest BCUT2D eigenvalue weighted by Gasteiger charge is 2.17. The van der Waals surface area contributed by atoms with E-state index in [4.69, 9.17) is 13.7 Å². The second-order valence-electron chi connectivity index (χ2n) is 6.92. The van der Waals surface area contributed by atoms with Gasteiger partial charge in [-0.15, -0.1) is 0 Å². The largest absolute Gasteiger partial charge is 0.494 e. The molecule has 0 fully saturated rings. The van der Waals surface area contributed by atoms with Gasteiger partial charge in [-0.25, -0.2) is 9.37 Å². The van der Waals surface area contributed by atoms with Crippen molar-refractivity contribution in [3.63, 3.8) is 0 Å². The highest BCUT2D eigenvalue weighted by molar-refractivity contribution is 5.57. The Balaban J connectivity index is 1.45. The fourth-order valence-corrected chi connectivity index (χ4v) is 3.06. The van der Waals surface area contributed by atoms with Crippen molar-refractivity contribution in [1.29, 1.82) is 0 Å². The number of aromatic nitrogens is 3. The monoisotopic (exact) mass is 408 g/mol. The van der Waals surface area contributed by atoms with Gasteiger partial charge in [0.1, 0.15) is 5.76 Å². The number of oxazole rings is 1. The SMILES string of the molecule is COc1cc(-c2nc(CN(C)Cc3nc(-c4ccccc4)no3)c(C)o2)ccc1F. The van der Waals surface area contributed by atoms with Gasteiger partial charge in [0.25, 0.3) is 0 Å². The normalized spacial score (nSPS) is 11.2. The first-order valence-electron chi connectivity index (χ1n) is 9.40. The number of hydrogen-bond donors (Lipinski definition) is 0. The number of rotatable bonds is 7. The quantitative estimate of drug-likeness (QED) is 0.446. The van der Waals surface area contributed by atoms with Crippen LogP contribution in [0.3, 0.4) is 0 Å². The van der Waals surface area contributed by atoms with Gasteiger partial charge in [-0.1, -0.05) is 35.5 Å². The molecule has 0 saturated carbocycles.